The van der Waals surface area contributed by atoms with Crippen molar-refractivity contribution < 1.29 is 0 Å². The number of fused-ring (bicyclic) bond motifs is 3. The molecule has 2 heterocycles. The van der Waals surface area contributed by atoms with Crippen molar-refractivity contribution in [2.24, 2.45) is 0 Å². The van der Waals surface area contributed by atoms with Gasteiger partial charge in [0.05, 0.1) is 11.0 Å². The van der Waals surface area contributed by atoms with E-state index in [2.05, 4.69) is 47.2 Å². The third kappa shape index (κ3) is 2.19. The first-order valence-corrected chi connectivity index (χ1v) is 6.52. The summed E-state index contributed by atoms with van der Waals surface area (Å²) in [5, 5.41) is 2.30. The van der Waals surface area contributed by atoms with Crippen LogP contribution in [0.15, 0.2) is 42.6 Å². The maximum Gasteiger partial charge on any atom is 0.0967 e. The average Bonchev–Trinajstić information content (AvgIpc) is 2.48. The van der Waals surface area contributed by atoms with Gasteiger partial charge in [-0.25, -0.2) is 0 Å². The first-order valence-electron chi connectivity index (χ1n) is 6.52. The number of nitrogens with zero attached hydrogens (tertiary/aromatic N) is 2. The van der Waals surface area contributed by atoms with Gasteiger partial charge < -0.3 is 0 Å². The van der Waals surface area contributed by atoms with Crippen LogP contribution in [0.3, 0.4) is 0 Å². The van der Waals surface area contributed by atoms with Gasteiger partial charge in [0.1, 0.15) is 0 Å². The van der Waals surface area contributed by atoms with Crippen molar-refractivity contribution in [1.82, 2.24) is 9.97 Å². The Morgan fingerprint density at radius 2 is 1.56 bits per heavy atom. The first-order chi connectivity index (χ1) is 8.88. The summed E-state index contributed by atoms with van der Waals surface area (Å²) in [6.45, 7) is 6.12. The Labute approximate surface area is 108 Å². The van der Waals surface area contributed by atoms with Crippen LogP contribution in [0.2, 0.25) is 0 Å². The highest BCUT2D eigenvalue weighted by Gasteiger charge is 2.02. The highest BCUT2D eigenvalue weighted by Crippen LogP contribution is 2.21. The molecule has 1 aromatic carbocycles. The molecule has 3 aromatic rings. The Hall–Kier alpha value is -1.96. The van der Waals surface area contributed by atoms with Crippen molar-refractivity contribution in [3.05, 3.63) is 48.3 Å². The maximum absolute atomic E-state index is 4.66. The zero-order valence-electron chi connectivity index (χ0n) is 11.1. The van der Waals surface area contributed by atoms with Crippen molar-refractivity contribution in [3.8, 4) is 0 Å². The fourth-order valence-corrected chi connectivity index (χ4v) is 1.96. The van der Waals surface area contributed by atoms with Gasteiger partial charge in [-0.05, 0) is 18.6 Å². The number of benzene rings is 1. The molecule has 0 radical (unpaired) electrons. The first kappa shape index (κ1) is 12.5. The molecule has 0 bridgehead atoms. The third-order valence-electron chi connectivity index (χ3n) is 2.85. The van der Waals surface area contributed by atoms with Gasteiger partial charge in [0, 0.05) is 22.7 Å². The molecule has 0 amide bonds. The highest BCUT2D eigenvalue weighted by atomic mass is 14.7. The standard InChI is InChI=1S/C14H12N2.C2H6/c1-2-12-8-7-11-6-5-10-4-3-9-15-13(10)14(11)16-12;1-2/h3-9H,2H2,1H3;1-2H3. The van der Waals surface area contributed by atoms with Crippen molar-refractivity contribution in [3.63, 3.8) is 0 Å². The van der Waals surface area contributed by atoms with Crippen LogP contribution in [0.5, 0.6) is 0 Å². The molecule has 0 atom stereocenters. The zero-order valence-corrected chi connectivity index (χ0v) is 11.1. The largest absolute Gasteiger partial charge is 0.254 e. The van der Waals surface area contributed by atoms with Gasteiger partial charge in [0.15, 0.2) is 0 Å². The van der Waals surface area contributed by atoms with Crippen LogP contribution in [0.25, 0.3) is 21.8 Å². The van der Waals surface area contributed by atoms with E-state index in [1.165, 1.54) is 0 Å². The summed E-state index contributed by atoms with van der Waals surface area (Å²) in [5.41, 5.74) is 3.12. The highest BCUT2D eigenvalue weighted by molar-refractivity contribution is 6.02. The Kier molecular flexibility index (Phi) is 3.88. The van der Waals surface area contributed by atoms with E-state index in [1.807, 2.05) is 26.1 Å². The van der Waals surface area contributed by atoms with E-state index < -0.39 is 0 Å². The van der Waals surface area contributed by atoms with Crippen LogP contribution in [-0.4, -0.2) is 9.97 Å². The van der Waals surface area contributed by atoms with Crippen molar-refractivity contribution >= 4 is 21.8 Å². The molecule has 0 unspecified atom stereocenters. The minimum atomic E-state index is 0.958. The summed E-state index contributed by atoms with van der Waals surface area (Å²) in [6.07, 6.45) is 2.78. The van der Waals surface area contributed by atoms with Crippen LogP contribution < -0.4 is 0 Å². The summed E-state index contributed by atoms with van der Waals surface area (Å²) in [4.78, 5) is 9.08. The molecular weight excluding hydrogens is 220 g/mol. The van der Waals surface area contributed by atoms with Gasteiger partial charge in [-0.3, -0.25) is 9.97 Å². The lowest BCUT2D eigenvalue weighted by atomic mass is 10.1. The Bertz CT molecular complexity index is 659. The lowest BCUT2D eigenvalue weighted by Gasteiger charge is -2.03. The fraction of sp³-hybridized carbons (Fsp3) is 0.250. The molecule has 3 rings (SSSR count). The number of pyridine rings is 2. The molecule has 0 saturated carbocycles. The lowest BCUT2D eigenvalue weighted by Crippen LogP contribution is -1.89. The monoisotopic (exact) mass is 238 g/mol. The number of aryl methyl sites for hydroxylation is 1. The van der Waals surface area contributed by atoms with Crippen molar-refractivity contribution in [2.45, 2.75) is 27.2 Å². The van der Waals surface area contributed by atoms with Gasteiger partial charge in [-0.2, -0.15) is 0 Å². The van der Waals surface area contributed by atoms with Gasteiger partial charge in [-0.1, -0.05) is 45.0 Å². The second-order valence-electron chi connectivity index (χ2n) is 3.87. The second-order valence-corrected chi connectivity index (χ2v) is 3.87. The Morgan fingerprint density at radius 1 is 0.889 bits per heavy atom. The van der Waals surface area contributed by atoms with E-state index in [-0.39, 0.29) is 0 Å². The summed E-state index contributed by atoms with van der Waals surface area (Å²) in [6, 6.07) is 12.4. The Balaban J connectivity index is 0.000000574. The van der Waals surface area contributed by atoms with Gasteiger partial charge in [0.2, 0.25) is 0 Å². The van der Waals surface area contributed by atoms with Crippen LogP contribution in [0.1, 0.15) is 26.5 Å². The number of hydrogen-bond donors (Lipinski definition) is 0. The molecule has 0 aliphatic carbocycles. The second kappa shape index (κ2) is 5.58. The van der Waals surface area contributed by atoms with E-state index in [0.717, 1.165) is 33.9 Å². The van der Waals surface area contributed by atoms with Gasteiger partial charge in [0.25, 0.3) is 0 Å². The summed E-state index contributed by atoms with van der Waals surface area (Å²) >= 11 is 0. The fourth-order valence-electron chi connectivity index (χ4n) is 1.96. The maximum atomic E-state index is 4.66. The smallest absolute Gasteiger partial charge is 0.0967 e. The number of aromatic nitrogens is 2. The molecule has 2 heteroatoms. The van der Waals surface area contributed by atoms with E-state index in [4.69, 9.17) is 0 Å². The molecule has 0 aliphatic rings. The molecule has 0 spiro atoms. The van der Waals surface area contributed by atoms with Crippen molar-refractivity contribution in [2.75, 3.05) is 0 Å². The van der Waals surface area contributed by atoms with Crippen LogP contribution in [-0.2, 0) is 6.42 Å². The molecule has 18 heavy (non-hydrogen) atoms. The minimum absolute atomic E-state index is 0.958. The summed E-state index contributed by atoms with van der Waals surface area (Å²) in [7, 11) is 0. The average molecular weight is 238 g/mol. The van der Waals surface area contributed by atoms with E-state index >= 15 is 0 Å². The Morgan fingerprint density at radius 3 is 2.28 bits per heavy atom. The van der Waals surface area contributed by atoms with Crippen LogP contribution >= 0.6 is 0 Å². The lowest BCUT2D eigenvalue weighted by molar-refractivity contribution is 1.06. The molecular formula is C16H18N2. The topological polar surface area (TPSA) is 25.8 Å². The minimum Gasteiger partial charge on any atom is -0.254 e. The van der Waals surface area contributed by atoms with Crippen LogP contribution in [0, 0.1) is 0 Å². The molecule has 2 aromatic heterocycles. The van der Waals surface area contributed by atoms with E-state index in [1.54, 1.807) is 0 Å². The molecule has 0 aliphatic heterocycles. The van der Waals surface area contributed by atoms with Crippen LogP contribution in [0.4, 0.5) is 0 Å². The molecule has 2 nitrogen and oxygen atoms in total. The van der Waals surface area contributed by atoms with Gasteiger partial charge in [-0.15, -0.1) is 0 Å². The number of hydrogen-bond acceptors (Lipinski definition) is 2. The molecule has 0 saturated heterocycles. The normalized spacial score (nSPS) is 10.2. The van der Waals surface area contributed by atoms with Gasteiger partial charge >= 0.3 is 0 Å². The molecule has 0 fully saturated rings. The quantitative estimate of drug-likeness (QED) is 0.588. The third-order valence-corrected chi connectivity index (χ3v) is 2.85. The SMILES string of the molecule is CC.CCc1ccc2ccc3cccnc3c2n1. The van der Waals surface area contributed by atoms with Crippen molar-refractivity contribution in [1.29, 1.82) is 0 Å². The molecule has 0 N–H and O–H groups in total. The number of rotatable bonds is 1. The summed E-state index contributed by atoms with van der Waals surface area (Å²) < 4.78 is 0. The molecule has 92 valence electrons. The predicted octanol–water partition coefficient (Wildman–Crippen LogP) is 4.37. The zero-order chi connectivity index (χ0) is 13.0. The summed E-state index contributed by atoms with van der Waals surface area (Å²) in [5.74, 6) is 0. The predicted molar refractivity (Wildman–Crippen MR) is 77.8 cm³/mol. The van der Waals surface area contributed by atoms with E-state index in [9.17, 15) is 0 Å². The van der Waals surface area contributed by atoms with E-state index in [0.29, 0.717) is 0 Å².